The third kappa shape index (κ3) is 4.93. The molecule has 1 atom stereocenters. The summed E-state index contributed by atoms with van der Waals surface area (Å²) in [4.78, 5) is 32.0. The van der Waals surface area contributed by atoms with Gasteiger partial charge in [0.05, 0.1) is 12.8 Å². The highest BCUT2D eigenvalue weighted by molar-refractivity contribution is 7.98. The topological polar surface area (TPSA) is 75.9 Å². The van der Waals surface area contributed by atoms with Crippen LogP contribution in [0.15, 0.2) is 18.3 Å². The quantitative estimate of drug-likeness (QED) is 0.664. The molecule has 1 saturated heterocycles. The number of nitrogens with zero attached hydrogens (tertiary/aromatic N) is 3. The Morgan fingerprint density at radius 3 is 2.76 bits per heavy atom. The first-order chi connectivity index (χ1) is 14.1. The van der Waals surface area contributed by atoms with Crippen molar-refractivity contribution >= 4 is 29.3 Å². The Morgan fingerprint density at radius 2 is 2.07 bits per heavy atom. The summed E-state index contributed by atoms with van der Waals surface area (Å²) >= 11 is 1.69. The highest BCUT2D eigenvalue weighted by atomic mass is 32.2. The van der Waals surface area contributed by atoms with Gasteiger partial charge in [0.25, 0.3) is 5.91 Å². The number of piperidine rings is 1. The van der Waals surface area contributed by atoms with Gasteiger partial charge in [-0.1, -0.05) is 6.07 Å². The number of carbonyl (C=O) groups excluding carboxylic acids is 2. The number of hydrogen-bond donors (Lipinski definition) is 1. The number of imidazole rings is 1. The fourth-order valence-corrected chi connectivity index (χ4v) is 4.21. The number of nitrogens with one attached hydrogen (secondary N) is 1. The molecule has 7 nitrogen and oxygen atoms in total. The summed E-state index contributed by atoms with van der Waals surface area (Å²) in [5, 5.41) is 3.30. The lowest BCUT2D eigenvalue weighted by molar-refractivity contribution is -0.143. The molecule has 0 bridgehead atoms. The number of aryl methyl sites for hydroxylation is 1. The van der Waals surface area contributed by atoms with Crippen LogP contribution >= 0.6 is 11.8 Å². The highest BCUT2D eigenvalue weighted by Gasteiger charge is 2.27. The molecule has 3 heterocycles. The van der Waals surface area contributed by atoms with E-state index >= 15 is 0 Å². The first-order valence-electron chi connectivity index (χ1n) is 10.1. The van der Waals surface area contributed by atoms with Gasteiger partial charge in [0.1, 0.15) is 11.7 Å². The third-order valence-electron chi connectivity index (χ3n) is 5.40. The molecule has 2 aromatic heterocycles. The van der Waals surface area contributed by atoms with Crippen LogP contribution in [0.4, 0.5) is 0 Å². The maximum absolute atomic E-state index is 13.2. The zero-order valence-corrected chi connectivity index (χ0v) is 18.3. The number of hydrogen-bond acceptors (Lipinski definition) is 6. The molecular weight excluding hydrogens is 388 g/mol. The van der Waals surface area contributed by atoms with E-state index in [2.05, 4.69) is 5.32 Å². The predicted octanol–water partition coefficient (Wildman–Crippen LogP) is 2.65. The van der Waals surface area contributed by atoms with Gasteiger partial charge in [-0.3, -0.25) is 14.9 Å². The number of fused-ring (bicyclic) bond motifs is 1. The summed E-state index contributed by atoms with van der Waals surface area (Å²) in [6.07, 6.45) is 7.83. The van der Waals surface area contributed by atoms with Crippen molar-refractivity contribution < 1.29 is 14.3 Å². The maximum Gasteiger partial charge on any atom is 0.322 e. The van der Waals surface area contributed by atoms with Crippen molar-refractivity contribution in [3.63, 3.8) is 0 Å². The minimum atomic E-state index is -0.416. The first-order valence-corrected chi connectivity index (χ1v) is 11.5. The lowest BCUT2D eigenvalue weighted by Crippen LogP contribution is -2.39. The Hall–Kier alpha value is -2.06. The van der Waals surface area contributed by atoms with Crippen molar-refractivity contribution in [1.29, 1.82) is 0 Å². The van der Waals surface area contributed by atoms with Gasteiger partial charge in [0.15, 0.2) is 5.69 Å². The summed E-state index contributed by atoms with van der Waals surface area (Å²) < 4.78 is 6.91. The molecule has 1 fully saturated rings. The van der Waals surface area contributed by atoms with Crippen LogP contribution in [0.2, 0.25) is 0 Å². The van der Waals surface area contributed by atoms with Gasteiger partial charge in [0, 0.05) is 25.8 Å². The fourth-order valence-electron chi connectivity index (χ4n) is 3.74. The number of pyridine rings is 1. The van der Waals surface area contributed by atoms with E-state index in [1.54, 1.807) is 11.8 Å². The Balaban J connectivity index is 1.91. The van der Waals surface area contributed by atoms with Crippen molar-refractivity contribution in [2.24, 2.45) is 0 Å². The molecule has 1 aliphatic rings. The number of methoxy groups -OCH3 is 1. The Labute approximate surface area is 176 Å². The van der Waals surface area contributed by atoms with E-state index in [1.807, 2.05) is 40.8 Å². The lowest BCUT2D eigenvalue weighted by Gasteiger charge is -2.26. The predicted molar refractivity (Wildman–Crippen MR) is 115 cm³/mol. The molecule has 0 radical (unpaired) electrons. The van der Waals surface area contributed by atoms with Crippen molar-refractivity contribution in [1.82, 2.24) is 19.6 Å². The number of aromatic nitrogens is 2. The monoisotopic (exact) mass is 418 g/mol. The molecule has 1 aliphatic heterocycles. The number of likely N-dealkylation sites (tertiary alicyclic amines) is 1. The molecule has 1 N–H and O–H groups in total. The Morgan fingerprint density at radius 1 is 1.31 bits per heavy atom. The zero-order chi connectivity index (χ0) is 20.8. The molecule has 8 heteroatoms. The number of esters is 1. The standard InChI is InChI=1S/C21H30N4O3S/c1-15-8-7-12-25-17(14-22-16(9-13-29-3)21(27)28-2)18(23-19(15)25)20(26)24-10-5-4-6-11-24/h7-8,12,16,22H,4-6,9-11,13-14H2,1-3H3/t16-/m1/s1. The Bertz CT molecular complexity index is 861. The van der Waals surface area contributed by atoms with E-state index in [4.69, 9.17) is 9.72 Å². The minimum Gasteiger partial charge on any atom is -0.468 e. The molecule has 0 aromatic carbocycles. The number of amides is 1. The van der Waals surface area contributed by atoms with Crippen LogP contribution in [0.3, 0.4) is 0 Å². The van der Waals surface area contributed by atoms with Gasteiger partial charge < -0.3 is 14.0 Å². The summed E-state index contributed by atoms with van der Waals surface area (Å²) in [7, 11) is 1.40. The van der Waals surface area contributed by atoms with Gasteiger partial charge in [0.2, 0.25) is 0 Å². The van der Waals surface area contributed by atoms with Crippen molar-refractivity contribution in [3.8, 4) is 0 Å². The molecule has 1 amide bonds. The van der Waals surface area contributed by atoms with E-state index in [9.17, 15) is 9.59 Å². The summed E-state index contributed by atoms with van der Waals surface area (Å²) in [5.74, 6) is 0.537. The van der Waals surface area contributed by atoms with Crippen LogP contribution in [0, 0.1) is 6.92 Å². The van der Waals surface area contributed by atoms with E-state index in [-0.39, 0.29) is 11.9 Å². The van der Waals surface area contributed by atoms with Gasteiger partial charge in [-0.25, -0.2) is 4.98 Å². The minimum absolute atomic E-state index is 0.0247. The van der Waals surface area contributed by atoms with Crippen LogP contribution in [-0.4, -0.2) is 64.4 Å². The summed E-state index contributed by atoms with van der Waals surface area (Å²) in [5.41, 5.74) is 3.06. The zero-order valence-electron chi connectivity index (χ0n) is 17.4. The molecule has 2 aromatic rings. The second-order valence-corrected chi connectivity index (χ2v) is 8.37. The SMILES string of the molecule is COC(=O)[C@@H](CCSC)NCc1c(C(=O)N2CCCCC2)nc2c(C)cccn12. The number of ether oxygens (including phenoxy) is 1. The van der Waals surface area contributed by atoms with Gasteiger partial charge >= 0.3 is 5.97 Å². The van der Waals surface area contributed by atoms with Crippen LogP contribution in [0.25, 0.3) is 5.65 Å². The second-order valence-electron chi connectivity index (χ2n) is 7.38. The molecule has 0 spiro atoms. The number of carbonyl (C=O) groups is 2. The van der Waals surface area contributed by atoms with Gasteiger partial charge in [-0.2, -0.15) is 11.8 Å². The van der Waals surface area contributed by atoms with Crippen LogP contribution in [0.1, 0.15) is 47.4 Å². The van der Waals surface area contributed by atoms with Gasteiger partial charge in [-0.05, 0) is 56.2 Å². The summed E-state index contributed by atoms with van der Waals surface area (Å²) in [6.45, 7) is 3.91. The van der Waals surface area contributed by atoms with E-state index < -0.39 is 6.04 Å². The number of thioether (sulfide) groups is 1. The average molecular weight is 419 g/mol. The lowest BCUT2D eigenvalue weighted by atomic mass is 10.1. The molecule has 29 heavy (non-hydrogen) atoms. The van der Waals surface area contributed by atoms with Crippen molar-refractivity contribution in [2.75, 3.05) is 32.2 Å². The molecule has 0 aliphatic carbocycles. The first kappa shape index (κ1) is 21.6. The second kappa shape index (κ2) is 10.1. The van der Waals surface area contributed by atoms with Crippen molar-refractivity contribution in [3.05, 3.63) is 35.3 Å². The van der Waals surface area contributed by atoms with Crippen molar-refractivity contribution in [2.45, 2.75) is 45.2 Å². The third-order valence-corrected chi connectivity index (χ3v) is 6.05. The normalized spacial score (nSPS) is 15.5. The highest BCUT2D eigenvalue weighted by Crippen LogP contribution is 2.20. The molecule has 3 rings (SSSR count). The molecule has 0 saturated carbocycles. The summed E-state index contributed by atoms with van der Waals surface area (Å²) in [6, 6.07) is 3.53. The smallest absolute Gasteiger partial charge is 0.322 e. The Kier molecular flexibility index (Phi) is 7.55. The number of rotatable bonds is 8. The van der Waals surface area contributed by atoms with Gasteiger partial charge in [-0.15, -0.1) is 0 Å². The fraction of sp³-hybridized carbons (Fsp3) is 0.571. The molecule has 158 valence electrons. The molecule has 0 unspecified atom stereocenters. The average Bonchev–Trinajstić information content (AvgIpc) is 3.13. The van der Waals surface area contributed by atoms with E-state index in [0.717, 1.165) is 48.6 Å². The van der Waals surface area contributed by atoms with Crippen LogP contribution in [0.5, 0.6) is 0 Å². The maximum atomic E-state index is 13.2. The van der Waals surface area contributed by atoms with E-state index in [0.29, 0.717) is 18.7 Å². The molecular formula is C21H30N4O3S. The van der Waals surface area contributed by atoms with Crippen LogP contribution in [-0.2, 0) is 16.1 Å². The van der Waals surface area contributed by atoms with E-state index in [1.165, 1.54) is 13.5 Å². The largest absolute Gasteiger partial charge is 0.468 e. The van der Waals surface area contributed by atoms with Crippen LogP contribution < -0.4 is 5.32 Å².